The molecule has 0 aliphatic carbocycles. The van der Waals surface area contributed by atoms with Gasteiger partial charge in [-0.3, -0.25) is 15.5 Å². The monoisotopic (exact) mass is 485 g/mol. The summed E-state index contributed by atoms with van der Waals surface area (Å²) >= 11 is 1.33. The lowest BCUT2D eigenvalue weighted by molar-refractivity contribution is -0.384. The summed E-state index contributed by atoms with van der Waals surface area (Å²) in [7, 11) is -3.55. The zero-order valence-electron chi connectivity index (χ0n) is 17.9. The molecule has 172 valence electrons. The van der Waals surface area contributed by atoms with Crippen LogP contribution in [-0.2, 0) is 10.0 Å². The van der Waals surface area contributed by atoms with E-state index in [0.717, 1.165) is 12.8 Å². The Morgan fingerprint density at radius 2 is 2.09 bits per heavy atom. The highest BCUT2D eigenvalue weighted by molar-refractivity contribution is 7.89. The molecule has 33 heavy (non-hydrogen) atoms. The molecular formula is C22H23N5O4S2. The molecule has 3 aromatic rings. The van der Waals surface area contributed by atoms with E-state index in [1.807, 2.05) is 11.4 Å². The summed E-state index contributed by atoms with van der Waals surface area (Å²) in [5.74, 6) is 0.353. The molecule has 2 heterocycles. The van der Waals surface area contributed by atoms with Gasteiger partial charge in [-0.05, 0) is 30.9 Å². The quantitative estimate of drug-likeness (QED) is 0.297. The standard InChI is InChI=1S/C22H23N5O4S2/c1-16-5-4-10-26(14-16)33(30,31)20-9-3-7-18(12-20)21-15-32-22(24-21)25-23-13-17-6-2-8-19(11-17)27(28)29/h2-3,6-9,11-13,15-16H,4-5,10,14H2,1H3,(H,24,25). The van der Waals surface area contributed by atoms with E-state index in [1.54, 1.807) is 34.6 Å². The largest absolute Gasteiger partial charge is 0.270 e. The lowest BCUT2D eigenvalue weighted by atomic mass is 10.0. The van der Waals surface area contributed by atoms with Crippen molar-refractivity contribution in [1.29, 1.82) is 0 Å². The molecule has 9 nitrogen and oxygen atoms in total. The van der Waals surface area contributed by atoms with E-state index in [2.05, 4.69) is 22.4 Å². The van der Waals surface area contributed by atoms with E-state index in [4.69, 9.17) is 0 Å². The van der Waals surface area contributed by atoms with Crippen LogP contribution in [0.25, 0.3) is 11.3 Å². The number of piperidine rings is 1. The average Bonchev–Trinajstić information content (AvgIpc) is 3.28. The lowest BCUT2D eigenvalue weighted by Gasteiger charge is -2.30. The van der Waals surface area contributed by atoms with Gasteiger partial charge >= 0.3 is 0 Å². The van der Waals surface area contributed by atoms with E-state index in [1.165, 1.54) is 29.7 Å². The first-order valence-electron chi connectivity index (χ1n) is 10.4. The smallest absolute Gasteiger partial charge is 0.258 e. The van der Waals surface area contributed by atoms with Crippen molar-refractivity contribution in [1.82, 2.24) is 9.29 Å². The van der Waals surface area contributed by atoms with E-state index in [0.29, 0.717) is 41.0 Å². The van der Waals surface area contributed by atoms with Crippen LogP contribution in [0.3, 0.4) is 0 Å². The number of hydrogen-bond donors (Lipinski definition) is 1. The van der Waals surface area contributed by atoms with Gasteiger partial charge in [0.2, 0.25) is 15.2 Å². The van der Waals surface area contributed by atoms with Crippen molar-refractivity contribution < 1.29 is 13.3 Å². The van der Waals surface area contributed by atoms with Gasteiger partial charge in [0, 0.05) is 41.7 Å². The van der Waals surface area contributed by atoms with Crippen LogP contribution in [0, 0.1) is 16.0 Å². The predicted octanol–water partition coefficient (Wildman–Crippen LogP) is 4.58. The van der Waals surface area contributed by atoms with Gasteiger partial charge in [-0.1, -0.05) is 31.2 Å². The number of rotatable bonds is 7. The minimum absolute atomic E-state index is 0.00988. The molecule has 11 heteroatoms. The fraction of sp³-hybridized carbons (Fsp3) is 0.273. The van der Waals surface area contributed by atoms with Crippen molar-refractivity contribution in [2.45, 2.75) is 24.7 Å². The second kappa shape index (κ2) is 9.77. The predicted molar refractivity (Wildman–Crippen MR) is 129 cm³/mol. The summed E-state index contributed by atoms with van der Waals surface area (Å²) in [6, 6.07) is 13.0. The van der Waals surface area contributed by atoms with Crippen LogP contribution < -0.4 is 5.43 Å². The SMILES string of the molecule is CC1CCCN(S(=O)(=O)c2cccc(-c3csc(NN=Cc4cccc([N+](=O)[O-])c4)n3)c2)C1. The second-order valence-corrected chi connectivity index (χ2v) is 10.7. The molecular weight excluding hydrogens is 462 g/mol. The lowest BCUT2D eigenvalue weighted by Crippen LogP contribution is -2.39. The first-order chi connectivity index (χ1) is 15.8. The van der Waals surface area contributed by atoms with Gasteiger partial charge in [-0.25, -0.2) is 13.4 Å². The molecule has 1 atom stereocenters. The second-order valence-electron chi connectivity index (χ2n) is 7.90. The highest BCUT2D eigenvalue weighted by Gasteiger charge is 2.28. The molecule has 2 aromatic carbocycles. The third-order valence-corrected chi connectivity index (χ3v) is 7.95. The average molecular weight is 486 g/mol. The molecule has 1 aliphatic rings. The fourth-order valence-electron chi connectivity index (χ4n) is 3.67. The van der Waals surface area contributed by atoms with Gasteiger partial charge in [-0.2, -0.15) is 9.41 Å². The van der Waals surface area contributed by atoms with Gasteiger partial charge < -0.3 is 0 Å². The fourth-order valence-corrected chi connectivity index (χ4v) is 5.98. The molecule has 1 N–H and O–H groups in total. The zero-order valence-corrected chi connectivity index (χ0v) is 19.6. The summed E-state index contributed by atoms with van der Waals surface area (Å²) in [5.41, 5.74) is 4.72. The number of aromatic nitrogens is 1. The van der Waals surface area contributed by atoms with Crippen molar-refractivity contribution in [3.05, 3.63) is 69.6 Å². The molecule has 1 aromatic heterocycles. The number of hydrazone groups is 1. The molecule has 0 saturated carbocycles. The summed E-state index contributed by atoms with van der Waals surface area (Å²) in [6.07, 6.45) is 3.39. The maximum atomic E-state index is 13.1. The summed E-state index contributed by atoms with van der Waals surface area (Å²) < 4.78 is 27.8. The Balaban J connectivity index is 1.47. The highest BCUT2D eigenvalue weighted by atomic mass is 32.2. The Bertz CT molecular complexity index is 1290. The number of nitro benzene ring substituents is 1. The number of nitrogens with zero attached hydrogens (tertiary/aromatic N) is 4. The number of thiazole rings is 1. The van der Waals surface area contributed by atoms with Crippen LogP contribution in [0.1, 0.15) is 25.3 Å². The van der Waals surface area contributed by atoms with Crippen molar-refractivity contribution in [3.63, 3.8) is 0 Å². The van der Waals surface area contributed by atoms with Crippen molar-refractivity contribution in [2.75, 3.05) is 18.5 Å². The topological polar surface area (TPSA) is 118 Å². The molecule has 1 saturated heterocycles. The molecule has 0 radical (unpaired) electrons. The molecule has 1 unspecified atom stereocenters. The number of non-ortho nitro benzene ring substituents is 1. The Hall–Kier alpha value is -3.15. The highest BCUT2D eigenvalue weighted by Crippen LogP contribution is 2.29. The van der Waals surface area contributed by atoms with Crippen molar-refractivity contribution in [2.24, 2.45) is 11.0 Å². The number of hydrogen-bond acceptors (Lipinski definition) is 8. The summed E-state index contributed by atoms with van der Waals surface area (Å²) in [6.45, 7) is 3.16. The van der Waals surface area contributed by atoms with E-state index < -0.39 is 14.9 Å². The van der Waals surface area contributed by atoms with Crippen LogP contribution in [0.2, 0.25) is 0 Å². The summed E-state index contributed by atoms with van der Waals surface area (Å²) in [4.78, 5) is 15.2. The van der Waals surface area contributed by atoms with Gasteiger partial charge in [0.1, 0.15) is 0 Å². The number of sulfonamides is 1. The van der Waals surface area contributed by atoms with Crippen LogP contribution in [-0.4, -0.2) is 41.9 Å². The van der Waals surface area contributed by atoms with Crippen molar-refractivity contribution >= 4 is 38.4 Å². The Morgan fingerprint density at radius 3 is 2.88 bits per heavy atom. The third-order valence-electron chi connectivity index (χ3n) is 5.35. The van der Waals surface area contributed by atoms with Crippen molar-refractivity contribution in [3.8, 4) is 11.3 Å². The number of benzene rings is 2. The van der Waals surface area contributed by atoms with Gasteiger partial charge in [0.25, 0.3) is 5.69 Å². The Morgan fingerprint density at radius 1 is 1.27 bits per heavy atom. The third kappa shape index (κ3) is 5.44. The normalized spacial score (nSPS) is 17.3. The van der Waals surface area contributed by atoms with Crippen LogP contribution in [0.15, 0.2) is 63.9 Å². The van der Waals surface area contributed by atoms with Crippen LogP contribution in [0.5, 0.6) is 0 Å². The minimum atomic E-state index is -3.55. The number of nitro groups is 1. The first kappa shape index (κ1) is 23.0. The minimum Gasteiger partial charge on any atom is -0.258 e. The molecule has 0 bridgehead atoms. The molecule has 0 amide bonds. The maximum absolute atomic E-state index is 13.1. The Kier molecular flexibility index (Phi) is 6.82. The Labute approximate surface area is 196 Å². The molecule has 1 aliphatic heterocycles. The van der Waals surface area contributed by atoms with E-state index in [-0.39, 0.29) is 10.6 Å². The van der Waals surface area contributed by atoms with Gasteiger partial charge in [0.15, 0.2) is 0 Å². The van der Waals surface area contributed by atoms with Crippen LogP contribution in [0.4, 0.5) is 10.8 Å². The maximum Gasteiger partial charge on any atom is 0.270 e. The van der Waals surface area contributed by atoms with E-state index >= 15 is 0 Å². The molecule has 4 rings (SSSR count). The first-order valence-corrected chi connectivity index (χ1v) is 12.7. The van der Waals surface area contributed by atoms with Gasteiger partial charge in [-0.15, -0.1) is 11.3 Å². The summed E-state index contributed by atoms with van der Waals surface area (Å²) in [5, 5.41) is 17.3. The zero-order chi connectivity index (χ0) is 23.4. The molecule has 1 fully saturated rings. The number of nitrogens with one attached hydrogen (secondary N) is 1. The van der Waals surface area contributed by atoms with Crippen LogP contribution >= 0.6 is 11.3 Å². The molecule has 0 spiro atoms. The number of anilines is 1. The van der Waals surface area contributed by atoms with E-state index in [9.17, 15) is 18.5 Å². The van der Waals surface area contributed by atoms with Gasteiger partial charge in [0.05, 0.1) is 21.7 Å².